The Hall–Kier alpha value is -1.06. The molecule has 0 bridgehead atoms. The lowest BCUT2D eigenvalue weighted by Crippen LogP contribution is -2.52. The minimum atomic E-state index is -0.542. The standard InChI is InChI=1S/C6H9NO3/c1-2-10-6(9)4-3-7-5(4)8/h4H,2-3H2,1H3,(H,7,8). The van der Waals surface area contributed by atoms with E-state index in [-0.39, 0.29) is 5.91 Å². The second kappa shape index (κ2) is 2.68. The van der Waals surface area contributed by atoms with Gasteiger partial charge in [0.1, 0.15) is 0 Å². The number of carbonyl (C=O) groups excluding carboxylic acids is 2. The van der Waals surface area contributed by atoms with E-state index < -0.39 is 11.9 Å². The van der Waals surface area contributed by atoms with Gasteiger partial charge in [-0.15, -0.1) is 0 Å². The van der Waals surface area contributed by atoms with Crippen molar-refractivity contribution < 1.29 is 14.3 Å². The third kappa shape index (κ3) is 1.10. The van der Waals surface area contributed by atoms with E-state index in [1.165, 1.54) is 0 Å². The van der Waals surface area contributed by atoms with E-state index in [0.29, 0.717) is 13.2 Å². The Morgan fingerprint density at radius 3 is 2.90 bits per heavy atom. The molecule has 0 radical (unpaired) electrons. The summed E-state index contributed by atoms with van der Waals surface area (Å²) in [4.78, 5) is 21.3. The number of nitrogens with one attached hydrogen (secondary N) is 1. The van der Waals surface area contributed by atoms with Gasteiger partial charge >= 0.3 is 5.97 Å². The summed E-state index contributed by atoms with van der Waals surface area (Å²) >= 11 is 0. The lowest BCUT2D eigenvalue weighted by atomic mass is 10.0. The molecule has 1 saturated heterocycles. The van der Waals surface area contributed by atoms with Crippen molar-refractivity contribution in [1.29, 1.82) is 0 Å². The quantitative estimate of drug-likeness (QED) is 0.316. The summed E-state index contributed by atoms with van der Waals surface area (Å²) in [5.41, 5.74) is 0. The average molecular weight is 143 g/mol. The molecule has 1 unspecified atom stereocenters. The van der Waals surface area contributed by atoms with Gasteiger partial charge in [0.15, 0.2) is 5.92 Å². The van der Waals surface area contributed by atoms with Crippen LogP contribution in [0.5, 0.6) is 0 Å². The van der Waals surface area contributed by atoms with E-state index in [1.54, 1.807) is 6.92 Å². The Balaban J connectivity index is 2.34. The van der Waals surface area contributed by atoms with Gasteiger partial charge < -0.3 is 10.1 Å². The normalized spacial score (nSPS) is 22.9. The van der Waals surface area contributed by atoms with Gasteiger partial charge in [0.25, 0.3) is 0 Å². The van der Waals surface area contributed by atoms with Crippen LogP contribution in [-0.2, 0) is 14.3 Å². The highest BCUT2D eigenvalue weighted by Crippen LogP contribution is 2.06. The number of β-lactam (4-membered cyclic amide) rings is 1. The summed E-state index contributed by atoms with van der Waals surface area (Å²) < 4.78 is 4.62. The second-order valence-corrected chi connectivity index (χ2v) is 2.05. The highest BCUT2D eigenvalue weighted by Gasteiger charge is 2.35. The van der Waals surface area contributed by atoms with Gasteiger partial charge in [-0.25, -0.2) is 0 Å². The van der Waals surface area contributed by atoms with E-state index in [4.69, 9.17) is 0 Å². The smallest absolute Gasteiger partial charge is 0.320 e. The molecule has 0 aliphatic carbocycles. The second-order valence-electron chi connectivity index (χ2n) is 2.05. The largest absolute Gasteiger partial charge is 0.465 e. The van der Waals surface area contributed by atoms with Crippen molar-refractivity contribution in [2.75, 3.05) is 13.2 Å². The summed E-state index contributed by atoms with van der Waals surface area (Å²) in [6.45, 7) is 2.48. The third-order valence-electron chi connectivity index (χ3n) is 1.37. The minimum Gasteiger partial charge on any atom is -0.465 e. The van der Waals surface area contributed by atoms with Gasteiger partial charge in [0.2, 0.25) is 5.91 Å². The molecule has 1 rings (SSSR count). The molecule has 1 heterocycles. The molecule has 10 heavy (non-hydrogen) atoms. The molecule has 4 nitrogen and oxygen atoms in total. The van der Waals surface area contributed by atoms with Gasteiger partial charge in [-0.05, 0) is 6.92 Å². The first-order chi connectivity index (χ1) is 4.75. The topological polar surface area (TPSA) is 55.4 Å². The van der Waals surface area contributed by atoms with Crippen LogP contribution in [0, 0.1) is 5.92 Å². The van der Waals surface area contributed by atoms with Gasteiger partial charge in [-0.3, -0.25) is 9.59 Å². The van der Waals surface area contributed by atoms with E-state index in [2.05, 4.69) is 10.1 Å². The van der Waals surface area contributed by atoms with E-state index >= 15 is 0 Å². The van der Waals surface area contributed by atoms with Crippen LogP contribution >= 0.6 is 0 Å². The summed E-state index contributed by atoms with van der Waals surface area (Å²) in [6.07, 6.45) is 0. The fourth-order valence-electron chi connectivity index (χ4n) is 0.721. The zero-order valence-corrected chi connectivity index (χ0v) is 5.72. The maximum absolute atomic E-state index is 10.8. The number of amides is 1. The number of hydrogen-bond acceptors (Lipinski definition) is 3. The lowest BCUT2D eigenvalue weighted by molar-refractivity contribution is -0.156. The monoisotopic (exact) mass is 143 g/mol. The maximum atomic E-state index is 10.8. The van der Waals surface area contributed by atoms with Crippen LogP contribution < -0.4 is 5.32 Å². The first-order valence-corrected chi connectivity index (χ1v) is 3.20. The zero-order chi connectivity index (χ0) is 7.56. The van der Waals surface area contributed by atoms with Crippen molar-refractivity contribution in [1.82, 2.24) is 5.32 Å². The molecule has 0 aromatic carbocycles. The number of ether oxygens (including phenoxy) is 1. The van der Waals surface area contributed by atoms with Crippen LogP contribution in [0.3, 0.4) is 0 Å². The molecule has 1 atom stereocenters. The lowest BCUT2D eigenvalue weighted by Gasteiger charge is -2.23. The van der Waals surface area contributed by atoms with Crippen molar-refractivity contribution in [3.8, 4) is 0 Å². The summed E-state index contributed by atoms with van der Waals surface area (Å²) in [6, 6.07) is 0. The summed E-state index contributed by atoms with van der Waals surface area (Å²) in [5.74, 6) is -1.18. The first kappa shape index (κ1) is 7.05. The van der Waals surface area contributed by atoms with Crippen molar-refractivity contribution >= 4 is 11.9 Å². The van der Waals surface area contributed by atoms with Gasteiger partial charge in [0.05, 0.1) is 6.61 Å². The molecule has 1 fully saturated rings. The van der Waals surface area contributed by atoms with E-state index in [9.17, 15) is 9.59 Å². The molecule has 56 valence electrons. The molecule has 1 aliphatic rings. The van der Waals surface area contributed by atoms with Crippen LogP contribution in [0.15, 0.2) is 0 Å². The van der Waals surface area contributed by atoms with Gasteiger partial charge in [-0.1, -0.05) is 0 Å². The molecule has 0 saturated carbocycles. The number of rotatable bonds is 2. The van der Waals surface area contributed by atoms with E-state index in [1.807, 2.05) is 0 Å². The SMILES string of the molecule is CCOC(=O)C1CNC1=O. The van der Waals surface area contributed by atoms with Crippen LogP contribution in [-0.4, -0.2) is 25.0 Å². The van der Waals surface area contributed by atoms with E-state index in [0.717, 1.165) is 0 Å². The average Bonchev–Trinajstić information content (AvgIpc) is 1.85. The van der Waals surface area contributed by atoms with Crippen LogP contribution in [0.25, 0.3) is 0 Å². The molecule has 4 heteroatoms. The Kier molecular flexibility index (Phi) is 1.89. The summed E-state index contributed by atoms with van der Waals surface area (Å²) in [7, 11) is 0. The van der Waals surface area contributed by atoms with Gasteiger partial charge in [-0.2, -0.15) is 0 Å². The zero-order valence-electron chi connectivity index (χ0n) is 5.72. The Morgan fingerprint density at radius 2 is 2.60 bits per heavy atom. The Morgan fingerprint density at radius 1 is 1.90 bits per heavy atom. The Bertz CT molecular complexity index is 166. The number of hydrogen-bond donors (Lipinski definition) is 1. The molecule has 0 aromatic heterocycles. The molecule has 1 aliphatic heterocycles. The molecule has 0 aromatic rings. The number of carbonyl (C=O) groups is 2. The van der Waals surface area contributed by atoms with Crippen molar-refractivity contribution in [2.24, 2.45) is 5.92 Å². The highest BCUT2D eigenvalue weighted by molar-refractivity contribution is 6.02. The van der Waals surface area contributed by atoms with Crippen molar-refractivity contribution in [2.45, 2.75) is 6.92 Å². The van der Waals surface area contributed by atoms with Crippen molar-refractivity contribution in [3.63, 3.8) is 0 Å². The van der Waals surface area contributed by atoms with Gasteiger partial charge in [0, 0.05) is 6.54 Å². The maximum Gasteiger partial charge on any atom is 0.320 e. The molecule has 1 amide bonds. The fraction of sp³-hybridized carbons (Fsp3) is 0.667. The predicted octanol–water partition coefficient (Wildman–Crippen LogP) is -0.705. The Labute approximate surface area is 58.5 Å². The predicted molar refractivity (Wildman–Crippen MR) is 33.1 cm³/mol. The molecular weight excluding hydrogens is 134 g/mol. The molecular formula is C6H9NO3. The highest BCUT2D eigenvalue weighted by atomic mass is 16.5. The number of esters is 1. The molecule has 1 N–H and O–H groups in total. The van der Waals surface area contributed by atoms with Crippen molar-refractivity contribution in [3.05, 3.63) is 0 Å². The third-order valence-corrected chi connectivity index (χ3v) is 1.37. The first-order valence-electron chi connectivity index (χ1n) is 3.20. The van der Waals surface area contributed by atoms with Crippen LogP contribution in [0.1, 0.15) is 6.92 Å². The summed E-state index contributed by atoms with van der Waals surface area (Å²) in [5, 5.41) is 2.46. The van der Waals surface area contributed by atoms with Crippen LogP contribution in [0.2, 0.25) is 0 Å². The fourth-order valence-corrected chi connectivity index (χ4v) is 0.721. The van der Waals surface area contributed by atoms with Crippen LogP contribution in [0.4, 0.5) is 0 Å². The molecule has 0 spiro atoms. The minimum absolute atomic E-state index is 0.224.